The van der Waals surface area contributed by atoms with Gasteiger partial charge in [-0.3, -0.25) is 4.79 Å². The third kappa shape index (κ3) is 3.51. The summed E-state index contributed by atoms with van der Waals surface area (Å²) in [5.74, 6) is -0.0990. The smallest absolute Gasteiger partial charge is 0.192 e. The summed E-state index contributed by atoms with van der Waals surface area (Å²) in [5, 5.41) is 15.7. The standard InChI is InChI=1S/C37H27NO2S/c1-37(2)30-15-7-8-16-32(30)38(31-17-9-13-22-10-5-6-14-26(22)31)33-21-25(41-36(33)37)20-29-34(39)27-18-23-11-3-4-12-24(23)19-28(27)35(29)40/h3-21,34,39H,1-2H3/b29-20+. The van der Waals surface area contributed by atoms with E-state index in [1.54, 1.807) is 11.3 Å². The number of ketones is 1. The first-order valence-electron chi connectivity index (χ1n) is 13.9. The van der Waals surface area contributed by atoms with Gasteiger partial charge in [0.15, 0.2) is 5.78 Å². The van der Waals surface area contributed by atoms with E-state index in [0.29, 0.717) is 16.7 Å². The van der Waals surface area contributed by atoms with Crippen LogP contribution in [0.3, 0.4) is 0 Å². The lowest BCUT2D eigenvalue weighted by atomic mass is 9.78. The minimum Gasteiger partial charge on any atom is -0.383 e. The third-order valence-electron chi connectivity index (χ3n) is 8.68. The number of fused-ring (bicyclic) bond motifs is 5. The van der Waals surface area contributed by atoms with Crippen LogP contribution in [0.4, 0.5) is 17.1 Å². The molecule has 0 saturated heterocycles. The maximum Gasteiger partial charge on any atom is 0.192 e. The lowest BCUT2D eigenvalue weighted by molar-refractivity contribution is 0.102. The van der Waals surface area contributed by atoms with Crippen LogP contribution < -0.4 is 4.90 Å². The fourth-order valence-electron chi connectivity index (χ4n) is 6.62. The van der Waals surface area contributed by atoms with Gasteiger partial charge in [0.2, 0.25) is 0 Å². The molecule has 0 amide bonds. The van der Waals surface area contributed by atoms with Gasteiger partial charge in [0.1, 0.15) is 6.10 Å². The van der Waals surface area contributed by atoms with Crippen LogP contribution >= 0.6 is 11.3 Å². The Morgan fingerprint density at radius 1 is 0.756 bits per heavy atom. The molecule has 1 aliphatic heterocycles. The molecule has 1 N–H and O–H groups in total. The van der Waals surface area contributed by atoms with Crippen molar-refractivity contribution in [2.24, 2.45) is 0 Å². The van der Waals surface area contributed by atoms with Crippen molar-refractivity contribution in [2.45, 2.75) is 25.4 Å². The van der Waals surface area contributed by atoms with Crippen LogP contribution in [0.5, 0.6) is 0 Å². The van der Waals surface area contributed by atoms with Crippen LogP contribution in [0.15, 0.2) is 115 Å². The van der Waals surface area contributed by atoms with E-state index in [2.05, 4.69) is 91.5 Å². The molecule has 2 aliphatic rings. The molecule has 41 heavy (non-hydrogen) atoms. The van der Waals surface area contributed by atoms with Gasteiger partial charge in [-0.2, -0.15) is 0 Å². The van der Waals surface area contributed by atoms with Crippen molar-refractivity contribution in [1.82, 2.24) is 0 Å². The van der Waals surface area contributed by atoms with Crippen LogP contribution in [-0.4, -0.2) is 10.9 Å². The molecule has 1 aliphatic carbocycles. The highest BCUT2D eigenvalue weighted by Gasteiger charge is 2.40. The van der Waals surface area contributed by atoms with Crippen molar-refractivity contribution < 1.29 is 9.90 Å². The number of rotatable bonds is 2. The van der Waals surface area contributed by atoms with Gasteiger partial charge in [-0.1, -0.05) is 92.7 Å². The number of aliphatic hydroxyl groups is 1. The molecule has 1 aromatic heterocycles. The molecule has 1 atom stereocenters. The largest absolute Gasteiger partial charge is 0.383 e. The number of Topliss-reactive ketones (excluding diaryl/α,β-unsaturated/α-hetero) is 1. The van der Waals surface area contributed by atoms with Gasteiger partial charge >= 0.3 is 0 Å². The minimum atomic E-state index is -0.944. The number of nitrogens with zero attached hydrogens (tertiary/aromatic N) is 1. The molecule has 2 heterocycles. The number of carbonyl (C=O) groups is 1. The van der Waals surface area contributed by atoms with E-state index in [0.717, 1.165) is 32.7 Å². The number of carbonyl (C=O) groups excluding carboxylic acids is 1. The van der Waals surface area contributed by atoms with Gasteiger partial charge in [0.05, 0.1) is 17.1 Å². The number of anilines is 3. The van der Waals surface area contributed by atoms with E-state index in [1.165, 1.54) is 21.2 Å². The predicted molar refractivity (Wildman–Crippen MR) is 170 cm³/mol. The van der Waals surface area contributed by atoms with Crippen molar-refractivity contribution in [3.05, 3.63) is 141 Å². The highest BCUT2D eigenvalue weighted by molar-refractivity contribution is 7.13. The molecule has 6 aromatic rings. The van der Waals surface area contributed by atoms with Crippen molar-refractivity contribution in [3.63, 3.8) is 0 Å². The normalized spacial score (nSPS) is 18.1. The maximum absolute atomic E-state index is 13.6. The van der Waals surface area contributed by atoms with Crippen LogP contribution in [-0.2, 0) is 5.41 Å². The van der Waals surface area contributed by atoms with Gasteiger partial charge in [0, 0.05) is 31.7 Å². The summed E-state index contributed by atoms with van der Waals surface area (Å²) < 4.78 is 0. The van der Waals surface area contributed by atoms with Crippen molar-refractivity contribution >= 4 is 61.8 Å². The second kappa shape index (κ2) is 8.74. The summed E-state index contributed by atoms with van der Waals surface area (Å²) in [7, 11) is 0. The Labute approximate surface area is 242 Å². The average molecular weight is 550 g/mol. The molecule has 0 saturated carbocycles. The highest BCUT2D eigenvalue weighted by atomic mass is 32.1. The first kappa shape index (κ1) is 24.3. The molecular formula is C37H27NO2S. The summed E-state index contributed by atoms with van der Waals surface area (Å²) in [6.45, 7) is 4.55. The van der Waals surface area contributed by atoms with E-state index in [4.69, 9.17) is 0 Å². The first-order chi connectivity index (χ1) is 19.9. The van der Waals surface area contributed by atoms with E-state index in [9.17, 15) is 9.90 Å². The van der Waals surface area contributed by atoms with E-state index < -0.39 is 6.10 Å². The Morgan fingerprint density at radius 3 is 2.24 bits per heavy atom. The Bertz CT molecular complexity index is 2080. The molecular weight excluding hydrogens is 522 g/mol. The maximum atomic E-state index is 13.6. The second-order valence-corrected chi connectivity index (χ2v) is 12.5. The van der Waals surface area contributed by atoms with Crippen LogP contribution in [0.1, 0.15) is 51.2 Å². The Morgan fingerprint density at radius 2 is 1.41 bits per heavy atom. The molecule has 5 aromatic carbocycles. The molecule has 0 fully saturated rings. The number of hydrogen-bond donors (Lipinski definition) is 1. The summed E-state index contributed by atoms with van der Waals surface area (Å²) in [5.41, 5.74) is 6.15. The van der Waals surface area contributed by atoms with Crippen LogP contribution in [0.2, 0.25) is 0 Å². The molecule has 1 unspecified atom stereocenters. The fraction of sp³-hybridized carbons (Fsp3) is 0.108. The Balaban J connectivity index is 1.31. The number of thiophene rings is 1. The van der Waals surface area contributed by atoms with Gasteiger partial charge in [0.25, 0.3) is 0 Å². The molecule has 4 heteroatoms. The number of benzene rings is 5. The number of aliphatic hydroxyl groups excluding tert-OH is 1. The fourth-order valence-corrected chi connectivity index (χ4v) is 7.83. The van der Waals surface area contributed by atoms with Gasteiger partial charge in [-0.15, -0.1) is 11.3 Å². The van der Waals surface area contributed by atoms with Crippen molar-refractivity contribution in [1.29, 1.82) is 0 Å². The van der Waals surface area contributed by atoms with Crippen LogP contribution in [0, 0.1) is 0 Å². The summed E-state index contributed by atoms with van der Waals surface area (Å²) in [6, 6.07) is 37.6. The first-order valence-corrected chi connectivity index (χ1v) is 14.7. The summed E-state index contributed by atoms with van der Waals surface area (Å²) in [6.07, 6.45) is 0.962. The second-order valence-electron chi connectivity index (χ2n) is 11.5. The minimum absolute atomic E-state index is 0.0990. The molecule has 0 bridgehead atoms. The van der Waals surface area contributed by atoms with Crippen molar-refractivity contribution in [3.8, 4) is 0 Å². The lowest BCUT2D eigenvalue weighted by Crippen LogP contribution is -2.29. The quantitative estimate of drug-likeness (QED) is 0.219. The molecule has 0 spiro atoms. The van der Waals surface area contributed by atoms with Gasteiger partial charge in [-0.25, -0.2) is 0 Å². The zero-order chi connectivity index (χ0) is 27.9. The highest BCUT2D eigenvalue weighted by Crippen LogP contribution is 2.56. The zero-order valence-corrected chi connectivity index (χ0v) is 23.6. The molecule has 3 nitrogen and oxygen atoms in total. The molecule has 198 valence electrons. The molecule has 8 rings (SSSR count). The monoisotopic (exact) mass is 549 g/mol. The van der Waals surface area contributed by atoms with Crippen molar-refractivity contribution in [2.75, 3.05) is 4.90 Å². The van der Waals surface area contributed by atoms with Gasteiger partial charge in [-0.05, 0) is 63.7 Å². The predicted octanol–water partition coefficient (Wildman–Crippen LogP) is 9.48. The zero-order valence-electron chi connectivity index (χ0n) is 22.8. The summed E-state index contributed by atoms with van der Waals surface area (Å²) >= 11 is 1.70. The topological polar surface area (TPSA) is 40.5 Å². The van der Waals surface area contributed by atoms with E-state index >= 15 is 0 Å². The van der Waals surface area contributed by atoms with Crippen LogP contribution in [0.25, 0.3) is 27.6 Å². The van der Waals surface area contributed by atoms with Gasteiger partial charge < -0.3 is 10.0 Å². The summed E-state index contributed by atoms with van der Waals surface area (Å²) in [4.78, 5) is 18.2. The average Bonchev–Trinajstić information content (AvgIpc) is 3.52. The lowest BCUT2D eigenvalue weighted by Gasteiger charge is -2.40. The third-order valence-corrected chi connectivity index (χ3v) is 10.1. The number of hydrogen-bond acceptors (Lipinski definition) is 4. The van der Waals surface area contributed by atoms with E-state index in [1.807, 2.05) is 42.5 Å². The Kier molecular flexibility index (Phi) is 5.18. The number of para-hydroxylation sites is 1. The Hall–Kier alpha value is -4.51. The molecule has 0 radical (unpaired) electrons. The van der Waals surface area contributed by atoms with E-state index in [-0.39, 0.29) is 11.2 Å². The SMILES string of the molecule is CC1(C)c2ccccc2N(c2cccc3ccccc23)c2cc(/C=C3/C(=O)c4cc5ccccc5cc4C3O)sc21.